The average Bonchev–Trinajstić information content (AvgIpc) is 2.61. The first kappa shape index (κ1) is 17.3. The van der Waals surface area contributed by atoms with E-state index < -0.39 is 8.24 Å². The van der Waals surface area contributed by atoms with Crippen LogP contribution < -0.4 is 9.88 Å². The van der Waals surface area contributed by atoms with E-state index in [1.165, 1.54) is 0 Å². The molecule has 23 heavy (non-hydrogen) atoms. The number of urea groups is 1. The summed E-state index contributed by atoms with van der Waals surface area (Å²) in [4.78, 5) is 13.1. The highest BCUT2D eigenvalue weighted by Crippen LogP contribution is 2.31. The van der Waals surface area contributed by atoms with Gasteiger partial charge in [0.05, 0.1) is 0 Å². The number of hydrogen-bond donors (Lipinski definition) is 1. The molecule has 0 atom stereocenters. The fourth-order valence-electron chi connectivity index (χ4n) is 3.11. The van der Waals surface area contributed by atoms with Crippen LogP contribution in [-0.2, 0) is 0 Å². The van der Waals surface area contributed by atoms with Gasteiger partial charge >= 0.3 is 6.03 Å². The Morgan fingerprint density at radius 2 is 1.35 bits per heavy atom. The molecule has 2 rings (SSSR count). The lowest BCUT2D eigenvalue weighted by Gasteiger charge is -2.40. The van der Waals surface area contributed by atoms with Gasteiger partial charge in [0.2, 0.25) is 0 Å². The van der Waals surface area contributed by atoms with Crippen molar-refractivity contribution < 1.29 is 4.79 Å². The summed E-state index contributed by atoms with van der Waals surface area (Å²) in [5.41, 5.74) is 1.84. The summed E-state index contributed by atoms with van der Waals surface area (Å²) in [6.45, 7) is 6.64. The molecular formula is C19H26N2OSi. The minimum absolute atomic E-state index is 0.0142. The summed E-state index contributed by atoms with van der Waals surface area (Å²) >= 11 is 0. The topological polar surface area (TPSA) is 32.3 Å². The number of carbonyl (C=O) groups excluding carboxylic acids is 1. The van der Waals surface area contributed by atoms with Crippen molar-refractivity contribution in [2.45, 2.75) is 38.9 Å². The molecule has 2 aromatic carbocycles. The van der Waals surface area contributed by atoms with Crippen molar-refractivity contribution in [3.8, 4) is 0 Å². The lowest BCUT2D eigenvalue weighted by molar-refractivity contribution is 0.259. The van der Waals surface area contributed by atoms with Crippen LogP contribution in [0, 0.1) is 0 Å². The maximum absolute atomic E-state index is 13.1. The molecule has 2 aromatic rings. The molecule has 0 saturated carbocycles. The summed E-state index contributed by atoms with van der Waals surface area (Å²) in [7, 11) is -1.88. The van der Waals surface area contributed by atoms with Crippen molar-refractivity contribution in [1.82, 2.24) is 0 Å². The molecule has 1 N–H and O–H groups in total. The summed E-state index contributed by atoms with van der Waals surface area (Å²) in [6.07, 6.45) is 0. The number of hydrogen-bond acceptors (Lipinski definition) is 1. The number of rotatable bonds is 6. The van der Waals surface area contributed by atoms with Crippen LogP contribution in [0.1, 0.15) is 20.8 Å². The van der Waals surface area contributed by atoms with Crippen LogP contribution in [-0.4, -0.2) is 14.3 Å². The van der Waals surface area contributed by atoms with Crippen molar-refractivity contribution in [2.75, 3.05) is 9.88 Å². The summed E-state index contributed by atoms with van der Waals surface area (Å²) in [5, 5.41) is 3.07. The molecule has 0 heterocycles. The number of benzene rings is 2. The van der Waals surface area contributed by atoms with Gasteiger partial charge < -0.3 is 9.88 Å². The predicted molar refractivity (Wildman–Crippen MR) is 102 cm³/mol. The van der Waals surface area contributed by atoms with Crippen LogP contribution in [0.4, 0.5) is 16.2 Å². The second-order valence-electron chi connectivity index (χ2n) is 5.75. The zero-order valence-electron chi connectivity index (χ0n) is 14.3. The molecule has 2 amide bonds. The number of nitrogens with one attached hydrogen (secondary N) is 1. The van der Waals surface area contributed by atoms with Gasteiger partial charge in [0.15, 0.2) is 8.24 Å². The summed E-state index contributed by atoms with van der Waals surface area (Å²) in [5.74, 6) is 0. The fourth-order valence-corrected chi connectivity index (χ4v) is 6.74. The maximum atomic E-state index is 13.1. The Bertz CT molecular complexity index is 604. The Hall–Kier alpha value is -2.07. The van der Waals surface area contributed by atoms with E-state index in [0.717, 1.165) is 29.5 Å². The van der Waals surface area contributed by atoms with Gasteiger partial charge in [0, 0.05) is 11.4 Å². The highest BCUT2D eigenvalue weighted by molar-refractivity contribution is 6.86. The van der Waals surface area contributed by atoms with Gasteiger partial charge in [-0.2, -0.15) is 0 Å². The first-order valence-electron chi connectivity index (χ1n) is 8.38. The smallest absolute Gasteiger partial charge is 0.318 e. The monoisotopic (exact) mass is 326 g/mol. The van der Waals surface area contributed by atoms with Crippen LogP contribution in [0.2, 0.25) is 18.1 Å². The number of anilines is 2. The van der Waals surface area contributed by atoms with Gasteiger partial charge in [-0.3, -0.25) is 0 Å². The van der Waals surface area contributed by atoms with Gasteiger partial charge in [-0.05, 0) is 42.4 Å². The van der Waals surface area contributed by atoms with Gasteiger partial charge in [0.25, 0.3) is 0 Å². The van der Waals surface area contributed by atoms with Gasteiger partial charge in [-0.25, -0.2) is 4.79 Å². The lowest BCUT2D eigenvalue weighted by atomic mass is 10.3. The first-order valence-corrected chi connectivity index (χ1v) is 10.9. The summed E-state index contributed by atoms with van der Waals surface area (Å²) in [6, 6.07) is 22.9. The molecule has 122 valence electrons. The third-order valence-electron chi connectivity index (χ3n) is 4.69. The van der Waals surface area contributed by atoms with Crippen LogP contribution in [0.25, 0.3) is 0 Å². The Morgan fingerprint density at radius 3 is 1.83 bits per heavy atom. The molecule has 4 heteroatoms. The summed E-state index contributed by atoms with van der Waals surface area (Å²) < 4.78 is 2.07. The van der Waals surface area contributed by atoms with E-state index in [-0.39, 0.29) is 6.03 Å². The molecule has 0 spiro atoms. The molecule has 0 radical (unpaired) electrons. The Labute approximate surface area is 140 Å². The van der Waals surface area contributed by atoms with Crippen molar-refractivity contribution in [3.05, 3.63) is 60.7 Å². The Kier molecular flexibility index (Phi) is 5.99. The zero-order valence-corrected chi connectivity index (χ0v) is 15.3. The zero-order chi connectivity index (χ0) is 16.7. The average molecular weight is 327 g/mol. The van der Waals surface area contributed by atoms with Crippen LogP contribution in [0.3, 0.4) is 0 Å². The van der Waals surface area contributed by atoms with Crippen LogP contribution >= 0.6 is 0 Å². The van der Waals surface area contributed by atoms with Crippen LogP contribution in [0.5, 0.6) is 0 Å². The number of para-hydroxylation sites is 2. The van der Waals surface area contributed by atoms with E-state index in [0.29, 0.717) is 0 Å². The minimum Gasteiger partial charge on any atom is -0.322 e. The molecule has 0 aliphatic heterocycles. The van der Waals surface area contributed by atoms with E-state index in [2.05, 4.69) is 30.7 Å². The fraction of sp³-hybridized carbons (Fsp3) is 0.316. The van der Waals surface area contributed by atoms with Crippen molar-refractivity contribution in [1.29, 1.82) is 0 Å². The molecule has 0 aliphatic carbocycles. The van der Waals surface area contributed by atoms with Gasteiger partial charge in [-0.1, -0.05) is 57.2 Å². The highest BCUT2D eigenvalue weighted by atomic mass is 28.3. The van der Waals surface area contributed by atoms with Gasteiger partial charge in [0.1, 0.15) is 0 Å². The molecule has 3 nitrogen and oxygen atoms in total. The molecule has 0 bridgehead atoms. The standard InChI is InChI=1S/C19H26N2OSi/c1-4-23(5-2,6-3)21(18-15-11-8-12-16-18)19(22)20-17-13-9-7-10-14-17/h7-16H,4-6H2,1-3H3,(H,20,22). The molecular weight excluding hydrogens is 300 g/mol. The van der Waals surface area contributed by atoms with E-state index >= 15 is 0 Å². The first-order chi connectivity index (χ1) is 11.2. The number of nitrogens with zero attached hydrogens (tertiary/aromatic N) is 1. The van der Waals surface area contributed by atoms with E-state index in [1.807, 2.05) is 60.7 Å². The van der Waals surface area contributed by atoms with Crippen molar-refractivity contribution >= 4 is 25.6 Å². The Morgan fingerprint density at radius 1 is 0.870 bits per heavy atom. The van der Waals surface area contributed by atoms with Crippen molar-refractivity contribution in [3.63, 3.8) is 0 Å². The lowest BCUT2D eigenvalue weighted by Crippen LogP contribution is -2.57. The van der Waals surface area contributed by atoms with E-state index in [9.17, 15) is 4.79 Å². The van der Waals surface area contributed by atoms with E-state index in [4.69, 9.17) is 0 Å². The molecule has 0 aliphatic rings. The third kappa shape index (κ3) is 3.82. The molecule has 0 unspecified atom stereocenters. The second-order valence-corrected chi connectivity index (χ2v) is 10.8. The molecule has 0 saturated heterocycles. The number of amides is 2. The quantitative estimate of drug-likeness (QED) is 0.675. The predicted octanol–water partition coefficient (Wildman–Crippen LogP) is 5.73. The third-order valence-corrected chi connectivity index (χ3v) is 10.0. The Balaban J connectivity index is 2.39. The highest BCUT2D eigenvalue weighted by Gasteiger charge is 2.39. The normalized spacial score (nSPS) is 11.1. The maximum Gasteiger partial charge on any atom is 0.318 e. The second kappa shape index (κ2) is 7.97. The van der Waals surface area contributed by atoms with Gasteiger partial charge in [-0.15, -0.1) is 0 Å². The SMILES string of the molecule is CC[Si](CC)(CC)N(C(=O)Nc1ccccc1)c1ccccc1. The molecule has 0 aromatic heterocycles. The van der Waals surface area contributed by atoms with Crippen molar-refractivity contribution in [2.24, 2.45) is 0 Å². The van der Waals surface area contributed by atoms with Crippen LogP contribution in [0.15, 0.2) is 60.7 Å². The number of carbonyl (C=O) groups is 1. The molecule has 0 fully saturated rings. The largest absolute Gasteiger partial charge is 0.322 e. The minimum atomic E-state index is -1.88. The van der Waals surface area contributed by atoms with E-state index in [1.54, 1.807) is 0 Å².